The van der Waals surface area contributed by atoms with Gasteiger partial charge in [0.05, 0.1) is 17.5 Å². The van der Waals surface area contributed by atoms with Crippen LogP contribution >= 0.6 is 0 Å². The Morgan fingerprint density at radius 1 is 1.40 bits per heavy atom. The van der Waals surface area contributed by atoms with Crippen LogP contribution in [0.25, 0.3) is 5.52 Å². The number of Topliss-reactive ketones (excluding diaryl/α,β-unsaturated/α-hetero) is 1. The first kappa shape index (κ1) is 9.90. The second-order valence-corrected chi connectivity index (χ2v) is 4.06. The minimum Gasteiger partial charge on any atom is -0.305 e. The summed E-state index contributed by atoms with van der Waals surface area (Å²) in [5, 5.41) is 0. The number of aromatic nitrogens is 2. The van der Waals surface area contributed by atoms with Crippen molar-refractivity contribution in [1.82, 2.24) is 9.38 Å². The average molecular weight is 202 g/mol. The van der Waals surface area contributed by atoms with Gasteiger partial charge in [0.25, 0.3) is 0 Å². The first-order valence-electron chi connectivity index (χ1n) is 5.07. The van der Waals surface area contributed by atoms with Gasteiger partial charge in [-0.25, -0.2) is 4.98 Å². The van der Waals surface area contributed by atoms with Crippen LogP contribution in [0, 0.1) is 12.8 Å². The van der Waals surface area contributed by atoms with Crippen molar-refractivity contribution in [2.24, 2.45) is 5.92 Å². The summed E-state index contributed by atoms with van der Waals surface area (Å²) in [5.74, 6) is 0.204. The zero-order chi connectivity index (χ0) is 11.0. The van der Waals surface area contributed by atoms with E-state index in [-0.39, 0.29) is 11.7 Å². The van der Waals surface area contributed by atoms with Gasteiger partial charge in [-0.2, -0.15) is 0 Å². The van der Waals surface area contributed by atoms with E-state index in [0.29, 0.717) is 0 Å². The summed E-state index contributed by atoms with van der Waals surface area (Å²) in [6.07, 6.45) is 3.58. The third-order valence-corrected chi connectivity index (χ3v) is 2.53. The van der Waals surface area contributed by atoms with Crippen LogP contribution in [-0.2, 0) is 0 Å². The molecule has 3 nitrogen and oxygen atoms in total. The molecule has 0 N–H and O–H groups in total. The molecule has 0 fully saturated rings. The summed E-state index contributed by atoms with van der Waals surface area (Å²) in [5.41, 5.74) is 2.78. The van der Waals surface area contributed by atoms with Crippen molar-refractivity contribution in [3.05, 3.63) is 35.9 Å². The number of aryl methyl sites for hydroxylation is 1. The summed E-state index contributed by atoms with van der Waals surface area (Å²) in [7, 11) is 0. The van der Waals surface area contributed by atoms with E-state index < -0.39 is 0 Å². The smallest absolute Gasteiger partial charge is 0.166 e. The highest BCUT2D eigenvalue weighted by molar-refractivity contribution is 5.97. The van der Waals surface area contributed by atoms with E-state index in [2.05, 4.69) is 4.98 Å². The van der Waals surface area contributed by atoms with Gasteiger partial charge in [0.1, 0.15) is 0 Å². The van der Waals surface area contributed by atoms with Crippen LogP contribution in [0.5, 0.6) is 0 Å². The fraction of sp³-hybridized carbons (Fsp3) is 0.333. The molecule has 2 aromatic rings. The lowest BCUT2D eigenvalue weighted by atomic mass is 10.0. The zero-order valence-electron chi connectivity index (χ0n) is 9.19. The Morgan fingerprint density at radius 2 is 2.13 bits per heavy atom. The molecule has 0 radical (unpaired) electrons. The number of fused-ring (bicyclic) bond motifs is 1. The van der Waals surface area contributed by atoms with Gasteiger partial charge in [-0.1, -0.05) is 13.8 Å². The molecule has 15 heavy (non-hydrogen) atoms. The van der Waals surface area contributed by atoms with Crippen LogP contribution in [0.3, 0.4) is 0 Å². The van der Waals surface area contributed by atoms with Gasteiger partial charge in [-0.3, -0.25) is 4.79 Å². The summed E-state index contributed by atoms with van der Waals surface area (Å²) < 4.78 is 1.89. The Balaban J connectivity index is 2.52. The Kier molecular flexibility index (Phi) is 2.31. The molecule has 0 aliphatic heterocycles. The van der Waals surface area contributed by atoms with Gasteiger partial charge >= 0.3 is 0 Å². The van der Waals surface area contributed by atoms with E-state index in [1.54, 1.807) is 6.33 Å². The summed E-state index contributed by atoms with van der Waals surface area (Å²) >= 11 is 0. The van der Waals surface area contributed by atoms with Gasteiger partial charge in [0, 0.05) is 17.7 Å². The van der Waals surface area contributed by atoms with Crippen LogP contribution in [0.4, 0.5) is 0 Å². The van der Waals surface area contributed by atoms with Crippen LogP contribution in [0.15, 0.2) is 24.7 Å². The van der Waals surface area contributed by atoms with Crippen molar-refractivity contribution in [3.63, 3.8) is 0 Å². The van der Waals surface area contributed by atoms with Gasteiger partial charge < -0.3 is 4.40 Å². The molecule has 2 heterocycles. The molecule has 0 aromatic carbocycles. The molecule has 0 aliphatic carbocycles. The van der Waals surface area contributed by atoms with Crippen molar-refractivity contribution >= 4 is 11.3 Å². The molecule has 0 spiro atoms. The highest BCUT2D eigenvalue weighted by atomic mass is 16.1. The lowest BCUT2D eigenvalue weighted by Crippen LogP contribution is -2.08. The highest BCUT2D eigenvalue weighted by Crippen LogP contribution is 2.13. The predicted molar refractivity (Wildman–Crippen MR) is 59.1 cm³/mol. The molecule has 0 aliphatic rings. The maximum absolute atomic E-state index is 11.8. The molecule has 2 aromatic heterocycles. The Hall–Kier alpha value is -1.64. The summed E-state index contributed by atoms with van der Waals surface area (Å²) in [6, 6.07) is 3.81. The molecule has 0 amide bonds. The lowest BCUT2D eigenvalue weighted by molar-refractivity contribution is 0.0939. The maximum atomic E-state index is 11.8. The lowest BCUT2D eigenvalue weighted by Gasteiger charge is -2.04. The SMILES string of the molecule is Cc1ncn2cc(C(=O)C(C)C)ccc12. The van der Waals surface area contributed by atoms with Crippen LogP contribution in [-0.4, -0.2) is 15.2 Å². The van der Waals surface area contributed by atoms with Gasteiger partial charge in [0.2, 0.25) is 0 Å². The fourth-order valence-corrected chi connectivity index (χ4v) is 1.61. The van der Waals surface area contributed by atoms with E-state index >= 15 is 0 Å². The highest BCUT2D eigenvalue weighted by Gasteiger charge is 2.11. The van der Waals surface area contributed by atoms with Crippen molar-refractivity contribution in [3.8, 4) is 0 Å². The third kappa shape index (κ3) is 1.65. The summed E-state index contributed by atoms with van der Waals surface area (Å²) in [6.45, 7) is 5.77. The number of hydrogen-bond acceptors (Lipinski definition) is 2. The standard InChI is InChI=1S/C12H14N2O/c1-8(2)12(15)10-4-5-11-9(3)13-7-14(11)6-10/h4-8H,1-3H3. The molecule has 2 rings (SSSR count). The number of pyridine rings is 1. The quantitative estimate of drug-likeness (QED) is 0.701. The second-order valence-electron chi connectivity index (χ2n) is 4.06. The zero-order valence-corrected chi connectivity index (χ0v) is 9.19. The maximum Gasteiger partial charge on any atom is 0.166 e. The molecule has 0 saturated carbocycles. The predicted octanol–water partition coefficient (Wildman–Crippen LogP) is 2.48. The molecular formula is C12H14N2O. The number of carbonyl (C=O) groups excluding carboxylic acids is 1. The molecule has 0 bridgehead atoms. The Labute approximate surface area is 88.8 Å². The summed E-state index contributed by atoms with van der Waals surface area (Å²) in [4.78, 5) is 16.0. The number of nitrogens with zero attached hydrogens (tertiary/aromatic N) is 2. The Morgan fingerprint density at radius 3 is 2.80 bits per heavy atom. The fourth-order valence-electron chi connectivity index (χ4n) is 1.61. The van der Waals surface area contributed by atoms with Gasteiger partial charge in [-0.05, 0) is 19.1 Å². The minimum absolute atomic E-state index is 0.0343. The monoisotopic (exact) mass is 202 g/mol. The van der Waals surface area contributed by atoms with Gasteiger partial charge in [-0.15, -0.1) is 0 Å². The minimum atomic E-state index is 0.0343. The van der Waals surface area contributed by atoms with E-state index in [9.17, 15) is 4.79 Å². The van der Waals surface area contributed by atoms with Crippen LogP contribution < -0.4 is 0 Å². The van der Waals surface area contributed by atoms with Crippen molar-refractivity contribution in [1.29, 1.82) is 0 Å². The van der Waals surface area contributed by atoms with E-state index in [1.807, 2.05) is 43.5 Å². The Bertz CT molecular complexity index is 511. The molecule has 0 unspecified atom stereocenters. The molecule has 0 saturated heterocycles. The number of imidazole rings is 1. The first-order valence-corrected chi connectivity index (χ1v) is 5.07. The number of ketones is 1. The first-order chi connectivity index (χ1) is 7.09. The van der Waals surface area contributed by atoms with E-state index in [1.165, 1.54) is 0 Å². The van der Waals surface area contributed by atoms with Crippen molar-refractivity contribution in [2.45, 2.75) is 20.8 Å². The molecule has 78 valence electrons. The normalized spacial score (nSPS) is 11.2. The van der Waals surface area contributed by atoms with E-state index in [4.69, 9.17) is 0 Å². The van der Waals surface area contributed by atoms with Crippen molar-refractivity contribution < 1.29 is 4.79 Å². The van der Waals surface area contributed by atoms with Crippen LogP contribution in [0.2, 0.25) is 0 Å². The number of carbonyl (C=O) groups is 1. The van der Waals surface area contributed by atoms with E-state index in [0.717, 1.165) is 16.8 Å². The largest absolute Gasteiger partial charge is 0.305 e. The second kappa shape index (κ2) is 3.50. The number of rotatable bonds is 2. The van der Waals surface area contributed by atoms with Gasteiger partial charge in [0.15, 0.2) is 5.78 Å². The molecular weight excluding hydrogens is 188 g/mol. The topological polar surface area (TPSA) is 34.4 Å². The average Bonchev–Trinajstić information content (AvgIpc) is 2.59. The van der Waals surface area contributed by atoms with Crippen molar-refractivity contribution in [2.75, 3.05) is 0 Å². The molecule has 0 atom stereocenters. The number of hydrogen-bond donors (Lipinski definition) is 0. The third-order valence-electron chi connectivity index (χ3n) is 2.53. The van der Waals surface area contributed by atoms with Crippen LogP contribution in [0.1, 0.15) is 29.9 Å². The molecule has 3 heteroatoms.